The highest BCUT2D eigenvalue weighted by Gasteiger charge is 2.29. The molecule has 1 saturated carbocycles. The summed E-state index contributed by atoms with van der Waals surface area (Å²) in [5.74, 6) is 0.0741. The van der Waals surface area contributed by atoms with Crippen molar-refractivity contribution in [1.29, 1.82) is 0 Å². The molecule has 0 heterocycles. The van der Waals surface area contributed by atoms with Crippen molar-refractivity contribution in [2.75, 3.05) is 13.2 Å². The van der Waals surface area contributed by atoms with Crippen LogP contribution in [-0.4, -0.2) is 42.9 Å². The van der Waals surface area contributed by atoms with Crippen LogP contribution in [0.4, 0.5) is 4.79 Å². The molecular formula is C17H32N2O4. The standard InChI is InChI=1S/C17H32N2O4/c1-6-22-15(20)12(2)19-14-10-8-7-9-13(14)11-18-16(21)23-17(3,4)5/h12-14,19H,6-11H2,1-5H3,(H,18,21). The van der Waals surface area contributed by atoms with Crippen molar-refractivity contribution in [1.82, 2.24) is 10.6 Å². The number of hydrogen-bond donors (Lipinski definition) is 2. The molecule has 0 aliphatic heterocycles. The third-order valence-corrected chi connectivity index (χ3v) is 3.92. The van der Waals surface area contributed by atoms with Gasteiger partial charge >= 0.3 is 12.1 Å². The molecule has 2 N–H and O–H groups in total. The largest absolute Gasteiger partial charge is 0.465 e. The normalized spacial score (nSPS) is 23.0. The SMILES string of the molecule is CCOC(=O)C(C)NC1CCCCC1CNC(=O)OC(C)(C)C. The summed E-state index contributed by atoms with van der Waals surface area (Å²) in [6.07, 6.45) is 3.93. The third-order valence-electron chi connectivity index (χ3n) is 3.92. The summed E-state index contributed by atoms with van der Waals surface area (Å²) in [4.78, 5) is 23.6. The van der Waals surface area contributed by atoms with Crippen molar-refractivity contribution in [2.45, 2.75) is 78.0 Å². The summed E-state index contributed by atoms with van der Waals surface area (Å²) in [5.41, 5.74) is -0.493. The van der Waals surface area contributed by atoms with Gasteiger partial charge in [0.15, 0.2) is 0 Å². The summed E-state index contributed by atoms with van der Waals surface area (Å²) in [7, 11) is 0. The number of amides is 1. The van der Waals surface area contributed by atoms with E-state index in [4.69, 9.17) is 9.47 Å². The number of alkyl carbamates (subject to hydrolysis) is 1. The van der Waals surface area contributed by atoms with E-state index in [1.54, 1.807) is 6.92 Å². The lowest BCUT2D eigenvalue weighted by atomic mass is 9.84. The highest BCUT2D eigenvalue weighted by Crippen LogP contribution is 2.24. The summed E-state index contributed by atoms with van der Waals surface area (Å²) in [6.45, 7) is 10.1. The van der Waals surface area contributed by atoms with Crippen molar-refractivity contribution in [3.63, 3.8) is 0 Å². The lowest BCUT2D eigenvalue weighted by Gasteiger charge is -2.34. The molecule has 0 spiro atoms. The second-order valence-electron chi connectivity index (χ2n) is 7.17. The summed E-state index contributed by atoms with van der Waals surface area (Å²) < 4.78 is 10.3. The molecule has 1 amide bonds. The van der Waals surface area contributed by atoms with Gasteiger partial charge < -0.3 is 20.1 Å². The summed E-state index contributed by atoms with van der Waals surface area (Å²) >= 11 is 0. The van der Waals surface area contributed by atoms with E-state index in [1.807, 2.05) is 27.7 Å². The van der Waals surface area contributed by atoms with Crippen molar-refractivity contribution >= 4 is 12.1 Å². The van der Waals surface area contributed by atoms with Crippen LogP contribution in [0.25, 0.3) is 0 Å². The maximum atomic E-state index is 11.8. The molecule has 0 bridgehead atoms. The van der Waals surface area contributed by atoms with Gasteiger partial charge in [0.25, 0.3) is 0 Å². The molecule has 23 heavy (non-hydrogen) atoms. The van der Waals surface area contributed by atoms with E-state index in [9.17, 15) is 9.59 Å². The smallest absolute Gasteiger partial charge is 0.407 e. The number of carbonyl (C=O) groups is 2. The Morgan fingerprint density at radius 2 is 1.87 bits per heavy atom. The lowest BCUT2D eigenvalue weighted by Crippen LogP contribution is -2.50. The number of esters is 1. The third kappa shape index (κ3) is 7.68. The van der Waals surface area contributed by atoms with Gasteiger partial charge in [0.1, 0.15) is 11.6 Å². The van der Waals surface area contributed by atoms with Crippen LogP contribution in [0.3, 0.4) is 0 Å². The first-order valence-electron chi connectivity index (χ1n) is 8.62. The van der Waals surface area contributed by atoms with Gasteiger partial charge in [-0.2, -0.15) is 0 Å². The molecule has 3 atom stereocenters. The summed E-state index contributed by atoms with van der Waals surface area (Å²) in [5, 5.41) is 6.21. The van der Waals surface area contributed by atoms with Gasteiger partial charge in [0.2, 0.25) is 0 Å². The minimum Gasteiger partial charge on any atom is -0.465 e. The van der Waals surface area contributed by atoms with E-state index < -0.39 is 5.60 Å². The first-order chi connectivity index (χ1) is 10.7. The molecule has 0 aromatic carbocycles. The molecule has 6 heteroatoms. The Morgan fingerprint density at radius 3 is 2.48 bits per heavy atom. The minimum atomic E-state index is -0.493. The molecule has 0 aromatic rings. The zero-order chi connectivity index (χ0) is 17.5. The van der Waals surface area contributed by atoms with Gasteiger partial charge in [0.05, 0.1) is 6.61 Å². The van der Waals surface area contributed by atoms with Crippen LogP contribution in [0.1, 0.15) is 60.3 Å². The first-order valence-corrected chi connectivity index (χ1v) is 8.62. The average molecular weight is 328 g/mol. The maximum absolute atomic E-state index is 11.8. The van der Waals surface area contributed by atoms with Crippen molar-refractivity contribution in [2.24, 2.45) is 5.92 Å². The molecule has 0 radical (unpaired) electrons. The molecule has 134 valence electrons. The van der Waals surface area contributed by atoms with E-state index in [2.05, 4.69) is 10.6 Å². The van der Waals surface area contributed by atoms with Crippen molar-refractivity contribution in [3.8, 4) is 0 Å². The zero-order valence-corrected chi connectivity index (χ0v) is 15.1. The van der Waals surface area contributed by atoms with E-state index in [0.717, 1.165) is 25.7 Å². The molecule has 1 fully saturated rings. The molecule has 0 aromatic heterocycles. The minimum absolute atomic E-state index is 0.207. The van der Waals surface area contributed by atoms with E-state index in [-0.39, 0.29) is 24.1 Å². The predicted octanol–water partition coefficient (Wildman–Crippen LogP) is 2.61. The van der Waals surface area contributed by atoms with Gasteiger partial charge in [-0.15, -0.1) is 0 Å². The molecular weight excluding hydrogens is 296 g/mol. The van der Waals surface area contributed by atoms with Gasteiger partial charge in [0, 0.05) is 12.6 Å². The van der Waals surface area contributed by atoms with Gasteiger partial charge in [-0.25, -0.2) is 4.79 Å². The van der Waals surface area contributed by atoms with Crippen LogP contribution in [0.5, 0.6) is 0 Å². The number of rotatable bonds is 6. The van der Waals surface area contributed by atoms with Gasteiger partial charge in [-0.1, -0.05) is 12.8 Å². The number of carbonyl (C=O) groups excluding carboxylic acids is 2. The molecule has 1 aliphatic carbocycles. The molecule has 3 unspecified atom stereocenters. The van der Waals surface area contributed by atoms with E-state index >= 15 is 0 Å². The Hall–Kier alpha value is -1.30. The van der Waals surface area contributed by atoms with Crippen LogP contribution in [0.15, 0.2) is 0 Å². The van der Waals surface area contributed by atoms with Crippen LogP contribution in [0.2, 0.25) is 0 Å². The number of hydrogen-bond acceptors (Lipinski definition) is 5. The fourth-order valence-corrected chi connectivity index (χ4v) is 2.86. The fraction of sp³-hybridized carbons (Fsp3) is 0.882. The molecule has 1 aliphatic rings. The lowest BCUT2D eigenvalue weighted by molar-refractivity contribution is -0.145. The molecule has 0 saturated heterocycles. The monoisotopic (exact) mass is 328 g/mol. The first kappa shape index (κ1) is 19.7. The Kier molecular flexibility index (Phi) is 7.82. The van der Waals surface area contributed by atoms with Gasteiger partial charge in [-0.3, -0.25) is 4.79 Å². The number of nitrogens with one attached hydrogen (secondary N) is 2. The molecule has 6 nitrogen and oxygen atoms in total. The van der Waals surface area contributed by atoms with Crippen molar-refractivity contribution < 1.29 is 19.1 Å². The predicted molar refractivity (Wildman–Crippen MR) is 89.2 cm³/mol. The Balaban J connectivity index is 2.48. The van der Waals surface area contributed by atoms with E-state index in [1.165, 1.54) is 0 Å². The second-order valence-corrected chi connectivity index (χ2v) is 7.17. The molecule has 1 rings (SSSR count). The average Bonchev–Trinajstić information content (AvgIpc) is 2.44. The van der Waals surface area contributed by atoms with Crippen molar-refractivity contribution in [3.05, 3.63) is 0 Å². The Bertz CT molecular complexity index is 393. The zero-order valence-electron chi connectivity index (χ0n) is 15.1. The van der Waals surface area contributed by atoms with Crippen LogP contribution < -0.4 is 10.6 Å². The Morgan fingerprint density at radius 1 is 1.22 bits per heavy atom. The summed E-state index contributed by atoms with van der Waals surface area (Å²) in [6, 6.07) is -0.125. The van der Waals surface area contributed by atoms with Crippen LogP contribution in [0, 0.1) is 5.92 Å². The van der Waals surface area contributed by atoms with Gasteiger partial charge in [-0.05, 0) is 53.4 Å². The highest BCUT2D eigenvalue weighted by atomic mass is 16.6. The quantitative estimate of drug-likeness (QED) is 0.733. The van der Waals surface area contributed by atoms with Crippen LogP contribution >= 0.6 is 0 Å². The second kappa shape index (κ2) is 9.11. The number of ether oxygens (including phenoxy) is 2. The Labute approximate surface area is 139 Å². The maximum Gasteiger partial charge on any atom is 0.407 e. The van der Waals surface area contributed by atoms with E-state index in [0.29, 0.717) is 19.1 Å². The fourth-order valence-electron chi connectivity index (χ4n) is 2.86. The topological polar surface area (TPSA) is 76.7 Å². The van der Waals surface area contributed by atoms with Crippen LogP contribution in [-0.2, 0) is 14.3 Å². The highest BCUT2D eigenvalue weighted by molar-refractivity contribution is 5.75.